The molecule has 9 heteroatoms. The molecule has 0 spiro atoms. The molecule has 0 saturated carbocycles. The van der Waals surface area contributed by atoms with Gasteiger partial charge in [-0.3, -0.25) is 0 Å². The molecule has 124 valence electrons. The van der Waals surface area contributed by atoms with Crippen LogP contribution in [0.2, 0.25) is 10.0 Å². The zero-order valence-corrected chi connectivity index (χ0v) is 13.9. The third-order valence-electron chi connectivity index (χ3n) is 2.78. The highest BCUT2D eigenvalue weighted by atomic mass is 35.5. The van der Waals surface area contributed by atoms with Gasteiger partial charge in [-0.05, 0) is 40.6 Å². The summed E-state index contributed by atoms with van der Waals surface area (Å²) in [7, 11) is 0. The predicted molar refractivity (Wildman–Crippen MR) is 86.3 cm³/mol. The van der Waals surface area contributed by atoms with Gasteiger partial charge in [-0.25, -0.2) is 4.79 Å². The first-order chi connectivity index (χ1) is 10.7. The molecule has 23 heavy (non-hydrogen) atoms. The molecule has 1 aromatic heterocycles. The van der Waals surface area contributed by atoms with Crippen LogP contribution in [0.15, 0.2) is 35.0 Å². The predicted octanol–water partition coefficient (Wildman–Crippen LogP) is 5.65. The molecular weight excluding hydrogens is 372 g/mol. The van der Waals surface area contributed by atoms with E-state index in [2.05, 4.69) is 5.32 Å². The van der Waals surface area contributed by atoms with Crippen molar-refractivity contribution in [2.24, 2.45) is 0 Å². The molecule has 0 radical (unpaired) electrons. The number of nitrogens with zero attached hydrogens (tertiary/aromatic N) is 1. The molecule has 0 atom stereocenters. The monoisotopic (exact) mass is 382 g/mol. The van der Waals surface area contributed by atoms with Crippen molar-refractivity contribution in [3.63, 3.8) is 0 Å². The van der Waals surface area contributed by atoms with Crippen LogP contribution < -0.4 is 5.32 Å². The van der Waals surface area contributed by atoms with Crippen LogP contribution >= 0.6 is 34.5 Å². The normalized spacial score (nSPS) is 11.3. The van der Waals surface area contributed by atoms with E-state index in [1.165, 1.54) is 29.5 Å². The van der Waals surface area contributed by atoms with Crippen LogP contribution in [-0.2, 0) is 6.54 Å². The van der Waals surface area contributed by atoms with Crippen molar-refractivity contribution in [3.8, 4) is 0 Å². The number of hydrogen-bond donors (Lipinski definition) is 1. The largest absolute Gasteiger partial charge is 0.406 e. The van der Waals surface area contributed by atoms with Crippen LogP contribution in [0.5, 0.6) is 0 Å². The fourth-order valence-corrected chi connectivity index (χ4v) is 2.75. The van der Waals surface area contributed by atoms with Crippen LogP contribution in [0.3, 0.4) is 0 Å². The minimum absolute atomic E-state index is 0.143. The second-order valence-corrected chi connectivity index (χ2v) is 6.26. The van der Waals surface area contributed by atoms with Gasteiger partial charge in [-0.15, -0.1) is 0 Å². The minimum atomic E-state index is -4.50. The second kappa shape index (κ2) is 7.42. The molecule has 0 aliphatic heterocycles. The number of benzene rings is 1. The standard InChI is InChI=1S/C14H11Cl2F3N2OS/c15-11-2-1-10(5-12(11)16)20-13(22)21(8-14(17,18)19)6-9-3-4-23-7-9/h1-5,7H,6,8H2,(H,20,22). The molecule has 2 rings (SSSR count). The third kappa shape index (κ3) is 5.60. The Morgan fingerprint density at radius 1 is 1.22 bits per heavy atom. The SMILES string of the molecule is O=C(Nc1ccc(Cl)c(Cl)c1)N(Cc1ccsc1)CC(F)(F)F. The van der Waals surface area contributed by atoms with Crippen molar-refractivity contribution >= 4 is 46.3 Å². The van der Waals surface area contributed by atoms with Gasteiger partial charge < -0.3 is 10.2 Å². The smallest absolute Gasteiger partial charge is 0.311 e. The molecule has 0 saturated heterocycles. The van der Waals surface area contributed by atoms with E-state index in [4.69, 9.17) is 23.2 Å². The van der Waals surface area contributed by atoms with E-state index in [1.54, 1.807) is 16.8 Å². The average Bonchev–Trinajstić information content (AvgIpc) is 2.93. The van der Waals surface area contributed by atoms with Gasteiger partial charge in [0.15, 0.2) is 0 Å². The average molecular weight is 383 g/mol. The quantitative estimate of drug-likeness (QED) is 0.727. The molecule has 1 N–H and O–H groups in total. The number of alkyl halides is 3. The van der Waals surface area contributed by atoms with E-state index in [9.17, 15) is 18.0 Å². The first-order valence-electron chi connectivity index (χ1n) is 6.33. The Balaban J connectivity index is 2.13. The van der Waals surface area contributed by atoms with Crippen LogP contribution in [0, 0.1) is 0 Å². The molecule has 3 nitrogen and oxygen atoms in total. The number of anilines is 1. The van der Waals surface area contributed by atoms with E-state index in [0.717, 1.165) is 0 Å². The number of halogens is 5. The van der Waals surface area contributed by atoms with E-state index in [0.29, 0.717) is 10.5 Å². The number of amides is 2. The summed E-state index contributed by atoms with van der Waals surface area (Å²) in [5.74, 6) is 0. The van der Waals surface area contributed by atoms with Gasteiger partial charge in [-0.1, -0.05) is 23.2 Å². The summed E-state index contributed by atoms with van der Waals surface area (Å²) in [6.07, 6.45) is -4.50. The van der Waals surface area contributed by atoms with E-state index >= 15 is 0 Å². The molecule has 0 unspecified atom stereocenters. The summed E-state index contributed by atoms with van der Waals surface area (Å²) >= 11 is 12.9. The van der Waals surface area contributed by atoms with Gasteiger partial charge in [0.05, 0.1) is 10.0 Å². The molecular formula is C14H11Cl2F3N2OS. The van der Waals surface area contributed by atoms with Crippen LogP contribution in [0.25, 0.3) is 0 Å². The number of hydrogen-bond acceptors (Lipinski definition) is 2. The summed E-state index contributed by atoms with van der Waals surface area (Å²) < 4.78 is 38.1. The van der Waals surface area contributed by atoms with E-state index < -0.39 is 18.8 Å². The lowest BCUT2D eigenvalue weighted by molar-refractivity contribution is -0.140. The summed E-state index contributed by atoms with van der Waals surface area (Å²) in [5, 5.41) is 6.30. The Hall–Kier alpha value is -1.44. The number of carbonyl (C=O) groups excluding carboxylic acids is 1. The highest BCUT2D eigenvalue weighted by Crippen LogP contribution is 2.26. The number of thiophene rings is 1. The van der Waals surface area contributed by atoms with Crippen LogP contribution in [-0.4, -0.2) is 23.7 Å². The molecule has 0 bridgehead atoms. The number of rotatable bonds is 4. The van der Waals surface area contributed by atoms with Crippen molar-refractivity contribution in [2.75, 3.05) is 11.9 Å². The van der Waals surface area contributed by atoms with Crippen LogP contribution in [0.4, 0.5) is 23.7 Å². The fraction of sp³-hybridized carbons (Fsp3) is 0.214. The maximum atomic E-state index is 12.7. The second-order valence-electron chi connectivity index (χ2n) is 4.66. The summed E-state index contributed by atoms with van der Waals surface area (Å²) in [6.45, 7) is -1.49. The number of carbonyl (C=O) groups is 1. The van der Waals surface area contributed by atoms with Crippen molar-refractivity contribution in [3.05, 3.63) is 50.6 Å². The first-order valence-corrected chi connectivity index (χ1v) is 8.03. The van der Waals surface area contributed by atoms with E-state index in [-0.39, 0.29) is 22.3 Å². The Morgan fingerprint density at radius 2 is 1.96 bits per heavy atom. The van der Waals surface area contributed by atoms with E-state index in [1.807, 2.05) is 0 Å². The Morgan fingerprint density at radius 3 is 2.52 bits per heavy atom. The molecule has 1 aromatic carbocycles. The maximum Gasteiger partial charge on any atom is 0.406 e. The fourth-order valence-electron chi connectivity index (χ4n) is 1.80. The van der Waals surface area contributed by atoms with Gasteiger partial charge in [0, 0.05) is 12.2 Å². The maximum absolute atomic E-state index is 12.7. The summed E-state index contributed by atoms with van der Waals surface area (Å²) in [4.78, 5) is 12.8. The lowest BCUT2D eigenvalue weighted by atomic mass is 10.3. The van der Waals surface area contributed by atoms with Crippen LogP contribution in [0.1, 0.15) is 5.56 Å². The van der Waals surface area contributed by atoms with Crippen molar-refractivity contribution in [1.29, 1.82) is 0 Å². The summed E-state index contributed by atoms with van der Waals surface area (Å²) in [6, 6.07) is 5.08. The highest BCUT2D eigenvalue weighted by molar-refractivity contribution is 7.07. The van der Waals surface area contributed by atoms with Gasteiger partial charge in [0.25, 0.3) is 0 Å². The number of nitrogens with one attached hydrogen (secondary N) is 1. The van der Waals surface area contributed by atoms with Gasteiger partial charge in [0.2, 0.25) is 0 Å². The molecule has 0 aliphatic rings. The van der Waals surface area contributed by atoms with Gasteiger partial charge in [0.1, 0.15) is 6.54 Å². The number of urea groups is 1. The molecule has 2 aromatic rings. The lowest BCUT2D eigenvalue weighted by Gasteiger charge is -2.24. The molecule has 0 aliphatic carbocycles. The Labute approximate surface area is 144 Å². The van der Waals surface area contributed by atoms with Crippen molar-refractivity contribution < 1.29 is 18.0 Å². The topological polar surface area (TPSA) is 32.3 Å². The van der Waals surface area contributed by atoms with Crippen molar-refractivity contribution in [2.45, 2.75) is 12.7 Å². The van der Waals surface area contributed by atoms with Gasteiger partial charge >= 0.3 is 12.2 Å². The molecule has 0 fully saturated rings. The molecule has 1 heterocycles. The summed E-state index contributed by atoms with van der Waals surface area (Å²) in [5.41, 5.74) is 0.894. The molecule has 2 amide bonds. The Bertz CT molecular complexity index is 677. The first kappa shape index (κ1) is 17.9. The minimum Gasteiger partial charge on any atom is -0.311 e. The lowest BCUT2D eigenvalue weighted by Crippen LogP contribution is -2.40. The van der Waals surface area contributed by atoms with Gasteiger partial charge in [-0.2, -0.15) is 24.5 Å². The highest BCUT2D eigenvalue weighted by Gasteiger charge is 2.33. The zero-order chi connectivity index (χ0) is 17.0. The van der Waals surface area contributed by atoms with Crippen molar-refractivity contribution in [1.82, 2.24) is 4.90 Å². The zero-order valence-electron chi connectivity index (χ0n) is 11.5. The third-order valence-corrected chi connectivity index (χ3v) is 4.25. The Kier molecular flexibility index (Phi) is 5.78.